The first-order chi connectivity index (χ1) is 20.1. The summed E-state index contributed by atoms with van der Waals surface area (Å²) >= 11 is 0. The Morgan fingerprint density at radius 2 is 1.91 bits per heavy atom. The Hall–Kier alpha value is -2.86. The Bertz CT molecular complexity index is 1390. The van der Waals surface area contributed by atoms with Crippen LogP contribution in [0.3, 0.4) is 0 Å². The van der Waals surface area contributed by atoms with Crippen LogP contribution in [-0.4, -0.2) is 81.0 Å². The Kier molecular flexibility index (Phi) is 6.72. The van der Waals surface area contributed by atoms with E-state index in [1.807, 2.05) is 6.92 Å². The summed E-state index contributed by atoms with van der Waals surface area (Å²) in [7, 11) is 0. The molecule has 3 heterocycles. The van der Waals surface area contributed by atoms with Gasteiger partial charge in [-0.3, -0.25) is 14.4 Å². The van der Waals surface area contributed by atoms with Gasteiger partial charge in [-0.25, -0.2) is 4.79 Å². The number of fused-ring (bicyclic) bond motifs is 6. The quantitative estimate of drug-likeness (QED) is 0.247. The van der Waals surface area contributed by atoms with Crippen molar-refractivity contribution in [3.05, 3.63) is 36.3 Å². The second-order valence-electron chi connectivity index (χ2n) is 13.9. The molecule has 3 saturated carbocycles. The molecule has 5 aliphatic rings. The Morgan fingerprint density at radius 3 is 2.51 bits per heavy atom. The summed E-state index contributed by atoms with van der Waals surface area (Å²) in [5.41, 5.74) is -5.56. The SMILES string of the molecule is C=C1C2C(OC3CC(=O)C4C(=O)OC(C)(CO)C4C32C)C(OC(=O)C(O)C(C)CC)C2(C)C(c3ccoc3)CC(=O)C12O. The number of carbonyl (C=O) groups is 4. The number of furan rings is 1. The zero-order valence-corrected chi connectivity index (χ0v) is 25.1. The van der Waals surface area contributed by atoms with Crippen molar-refractivity contribution >= 4 is 23.5 Å². The molecule has 3 N–H and O–H groups in total. The van der Waals surface area contributed by atoms with Crippen molar-refractivity contribution in [3.63, 3.8) is 0 Å². The predicted octanol–water partition coefficient (Wildman–Crippen LogP) is 1.86. The highest BCUT2D eigenvalue weighted by Crippen LogP contribution is 2.72. The van der Waals surface area contributed by atoms with E-state index in [9.17, 15) is 34.5 Å². The second-order valence-corrected chi connectivity index (χ2v) is 13.9. The van der Waals surface area contributed by atoms with Gasteiger partial charge in [0.1, 0.15) is 29.5 Å². The molecule has 3 aliphatic carbocycles. The van der Waals surface area contributed by atoms with Gasteiger partial charge in [0.15, 0.2) is 17.5 Å². The molecule has 234 valence electrons. The van der Waals surface area contributed by atoms with Gasteiger partial charge in [-0.05, 0) is 30.0 Å². The van der Waals surface area contributed by atoms with E-state index in [1.165, 1.54) is 12.5 Å². The molecule has 11 nitrogen and oxygen atoms in total. The van der Waals surface area contributed by atoms with Gasteiger partial charge in [0.2, 0.25) is 0 Å². The van der Waals surface area contributed by atoms with Crippen molar-refractivity contribution in [1.82, 2.24) is 0 Å². The van der Waals surface area contributed by atoms with E-state index in [2.05, 4.69) is 6.58 Å². The summed E-state index contributed by atoms with van der Waals surface area (Å²) in [4.78, 5) is 53.9. The molecule has 11 heteroatoms. The number of aliphatic hydroxyl groups is 3. The molecular formula is C32H40O11. The number of carbonyl (C=O) groups excluding carboxylic acids is 4. The number of ketones is 2. The first-order valence-electron chi connectivity index (χ1n) is 15.0. The molecule has 0 radical (unpaired) electrons. The minimum Gasteiger partial charge on any atom is -0.472 e. The first kappa shape index (κ1) is 30.2. The maximum atomic E-state index is 14.0. The number of esters is 2. The van der Waals surface area contributed by atoms with Crippen molar-refractivity contribution < 1.29 is 53.1 Å². The average Bonchev–Trinajstić information content (AvgIpc) is 3.71. The lowest BCUT2D eigenvalue weighted by Crippen LogP contribution is -2.69. The van der Waals surface area contributed by atoms with E-state index in [-0.39, 0.29) is 18.4 Å². The number of aliphatic hydroxyl groups excluding tert-OH is 2. The minimum atomic E-state index is -2.21. The molecule has 5 fully saturated rings. The Labute approximate surface area is 249 Å². The predicted molar refractivity (Wildman–Crippen MR) is 147 cm³/mol. The van der Waals surface area contributed by atoms with Crippen LogP contribution >= 0.6 is 0 Å². The molecule has 0 spiro atoms. The molecule has 1 aromatic heterocycles. The van der Waals surface area contributed by atoms with Gasteiger partial charge in [-0.2, -0.15) is 0 Å². The van der Waals surface area contributed by atoms with Crippen LogP contribution < -0.4 is 0 Å². The fraction of sp³-hybridized carbons (Fsp3) is 0.688. The molecule has 6 rings (SSSR count). The van der Waals surface area contributed by atoms with E-state index >= 15 is 0 Å². The third-order valence-corrected chi connectivity index (χ3v) is 11.9. The van der Waals surface area contributed by atoms with Crippen LogP contribution in [0.25, 0.3) is 0 Å². The number of cyclic esters (lactones) is 1. The van der Waals surface area contributed by atoms with Crippen LogP contribution in [-0.2, 0) is 33.4 Å². The van der Waals surface area contributed by atoms with Crippen LogP contribution in [0.2, 0.25) is 0 Å². The standard InChI is InChI=1S/C32H40O11/c1-7-14(2)23(36)28(38)42-26-24-22(15(3)32(39)19(35)10-17(31(26,32)6)16-8-9-40-12-16)30(5)20(41-24)11-18(34)21-25(30)29(4,13-33)43-27(21)37/h8-9,12,14,17,20-26,33,36,39H,3,7,10-11,13H2,1-2,4-6H3. The van der Waals surface area contributed by atoms with Crippen molar-refractivity contribution in [2.24, 2.45) is 34.5 Å². The lowest BCUT2D eigenvalue weighted by atomic mass is 9.46. The molecule has 0 bridgehead atoms. The van der Waals surface area contributed by atoms with Crippen LogP contribution in [0.5, 0.6) is 0 Å². The van der Waals surface area contributed by atoms with Crippen LogP contribution in [0.4, 0.5) is 0 Å². The Balaban J connectivity index is 1.54. The van der Waals surface area contributed by atoms with Gasteiger partial charge in [0.25, 0.3) is 0 Å². The van der Waals surface area contributed by atoms with Crippen molar-refractivity contribution in [3.8, 4) is 0 Å². The van der Waals surface area contributed by atoms with E-state index in [1.54, 1.807) is 33.8 Å². The summed E-state index contributed by atoms with van der Waals surface area (Å²) in [5.74, 6) is -6.63. The van der Waals surface area contributed by atoms with E-state index in [0.717, 1.165) is 0 Å². The maximum absolute atomic E-state index is 14.0. The van der Waals surface area contributed by atoms with Crippen LogP contribution in [0, 0.1) is 34.5 Å². The molecular weight excluding hydrogens is 560 g/mol. The zero-order chi connectivity index (χ0) is 31.4. The number of hydrogen-bond donors (Lipinski definition) is 3. The number of Topliss-reactive ketones (excluding diaryl/α,β-unsaturated/α-hetero) is 2. The molecule has 13 atom stereocenters. The highest BCUT2D eigenvalue weighted by molar-refractivity contribution is 6.02. The topological polar surface area (TPSA) is 170 Å². The van der Waals surface area contributed by atoms with Crippen molar-refractivity contribution in [1.29, 1.82) is 0 Å². The average molecular weight is 601 g/mol. The van der Waals surface area contributed by atoms with Gasteiger partial charge in [0, 0.05) is 36.0 Å². The fourth-order valence-corrected chi connectivity index (χ4v) is 9.44. The summed E-state index contributed by atoms with van der Waals surface area (Å²) in [6.07, 6.45) is -1.42. The summed E-state index contributed by atoms with van der Waals surface area (Å²) in [5, 5.41) is 33.9. The second kappa shape index (κ2) is 9.57. The normalized spacial score (nSPS) is 46.5. The smallest absolute Gasteiger partial charge is 0.335 e. The number of hydrogen-bond acceptors (Lipinski definition) is 11. The summed E-state index contributed by atoms with van der Waals surface area (Å²) in [6, 6.07) is 1.69. The molecule has 0 amide bonds. The van der Waals surface area contributed by atoms with E-state index in [4.69, 9.17) is 18.6 Å². The molecule has 0 aromatic carbocycles. The van der Waals surface area contributed by atoms with Crippen LogP contribution in [0.1, 0.15) is 65.4 Å². The van der Waals surface area contributed by atoms with Gasteiger partial charge >= 0.3 is 11.9 Å². The highest BCUT2D eigenvalue weighted by Gasteiger charge is 2.81. The number of rotatable bonds is 6. The lowest BCUT2D eigenvalue weighted by molar-refractivity contribution is -0.212. The van der Waals surface area contributed by atoms with Crippen LogP contribution in [0.15, 0.2) is 35.2 Å². The monoisotopic (exact) mass is 600 g/mol. The van der Waals surface area contributed by atoms with Gasteiger partial charge < -0.3 is 33.9 Å². The molecule has 13 unspecified atom stereocenters. The van der Waals surface area contributed by atoms with Crippen molar-refractivity contribution in [2.75, 3.05) is 6.61 Å². The maximum Gasteiger partial charge on any atom is 0.335 e. The third kappa shape index (κ3) is 3.56. The Morgan fingerprint density at radius 1 is 1.21 bits per heavy atom. The molecule has 1 aromatic rings. The largest absolute Gasteiger partial charge is 0.472 e. The van der Waals surface area contributed by atoms with E-state index < -0.39 is 106 Å². The van der Waals surface area contributed by atoms with Gasteiger partial charge in [-0.15, -0.1) is 0 Å². The number of ether oxygens (including phenoxy) is 3. The fourth-order valence-electron chi connectivity index (χ4n) is 9.44. The van der Waals surface area contributed by atoms with E-state index in [0.29, 0.717) is 12.0 Å². The minimum absolute atomic E-state index is 0.104. The summed E-state index contributed by atoms with van der Waals surface area (Å²) < 4.78 is 23.8. The molecule has 2 aliphatic heterocycles. The van der Waals surface area contributed by atoms with Gasteiger partial charge in [0.05, 0.1) is 30.7 Å². The molecule has 2 saturated heterocycles. The zero-order valence-electron chi connectivity index (χ0n) is 25.1. The molecule has 43 heavy (non-hydrogen) atoms. The highest BCUT2D eigenvalue weighted by atomic mass is 16.6. The first-order valence-corrected chi connectivity index (χ1v) is 15.0. The van der Waals surface area contributed by atoms with Crippen molar-refractivity contribution in [2.45, 2.75) is 95.4 Å². The lowest BCUT2D eigenvalue weighted by Gasteiger charge is -2.58. The van der Waals surface area contributed by atoms with Gasteiger partial charge in [-0.1, -0.05) is 40.7 Å². The summed E-state index contributed by atoms with van der Waals surface area (Å²) in [6.45, 7) is 12.3. The third-order valence-electron chi connectivity index (χ3n) is 11.9.